The third kappa shape index (κ3) is 6.89. The number of nitriles is 1. The third-order valence-electron chi connectivity index (χ3n) is 3.73. The molecule has 10 heteroatoms. The summed E-state index contributed by atoms with van der Waals surface area (Å²) in [6.07, 6.45) is 6.32. The average Bonchev–Trinajstić information content (AvgIpc) is 2.68. The molecule has 0 saturated heterocycles. The van der Waals surface area contributed by atoms with E-state index in [0.29, 0.717) is 29.4 Å². The second kappa shape index (κ2) is 10.6. The van der Waals surface area contributed by atoms with Gasteiger partial charge in [0.2, 0.25) is 6.41 Å². The molecule has 3 heterocycles. The van der Waals surface area contributed by atoms with Crippen LogP contribution < -0.4 is 11.1 Å². The molecule has 1 amide bonds. The standard InChI is InChI=1S/C12H14N4OS.C7H7N3S/c1-8-6-12(2,16-11(13)18-8)10-5-9(15-7-17)3-4-14-10;1-6-4-10-7(5-9-6)11-3-2-8/h3-5,7H,1,6H2,2H3,(H2,13,16)(H,14,15,17);4-5H,3H2,1H3. The van der Waals surface area contributed by atoms with Crippen LogP contribution in [0, 0.1) is 18.3 Å². The smallest absolute Gasteiger partial charge is 0.211 e. The van der Waals surface area contributed by atoms with Crippen LogP contribution >= 0.6 is 23.5 Å². The van der Waals surface area contributed by atoms with Gasteiger partial charge in [-0.25, -0.2) is 9.98 Å². The molecule has 1 atom stereocenters. The van der Waals surface area contributed by atoms with Gasteiger partial charge in [-0.3, -0.25) is 14.8 Å². The maximum atomic E-state index is 10.4. The summed E-state index contributed by atoms with van der Waals surface area (Å²) in [5.41, 5.74) is 7.61. The number of aromatic nitrogens is 3. The zero-order valence-corrected chi connectivity index (χ0v) is 17.8. The number of aliphatic imine (C=N–C) groups is 1. The van der Waals surface area contributed by atoms with Crippen molar-refractivity contribution in [2.45, 2.75) is 30.8 Å². The van der Waals surface area contributed by atoms with E-state index < -0.39 is 5.54 Å². The summed E-state index contributed by atoms with van der Waals surface area (Å²) in [6.45, 7) is 7.78. The summed E-state index contributed by atoms with van der Waals surface area (Å²) in [7, 11) is 0. The van der Waals surface area contributed by atoms with E-state index in [-0.39, 0.29) is 0 Å². The number of nitrogens with one attached hydrogen (secondary N) is 1. The number of carbonyl (C=O) groups is 1. The van der Waals surface area contributed by atoms with Crippen LogP contribution in [0.1, 0.15) is 24.7 Å². The highest BCUT2D eigenvalue weighted by Crippen LogP contribution is 2.39. The molecule has 1 unspecified atom stereocenters. The fraction of sp³-hybridized carbons (Fsp3) is 0.263. The van der Waals surface area contributed by atoms with E-state index in [4.69, 9.17) is 11.0 Å². The molecule has 3 rings (SSSR count). The normalized spacial score (nSPS) is 18.0. The molecule has 0 spiro atoms. The first-order valence-electron chi connectivity index (χ1n) is 8.52. The number of carbonyl (C=O) groups excluding carboxylic acids is 1. The van der Waals surface area contributed by atoms with Crippen molar-refractivity contribution >= 4 is 40.8 Å². The number of thioether (sulfide) groups is 2. The molecule has 0 bridgehead atoms. The summed E-state index contributed by atoms with van der Waals surface area (Å²) < 4.78 is 0. The molecular formula is C19H21N7OS2. The van der Waals surface area contributed by atoms with Crippen molar-refractivity contribution in [3.05, 3.63) is 53.6 Å². The molecule has 1 aliphatic heterocycles. The van der Waals surface area contributed by atoms with Gasteiger partial charge in [0.25, 0.3) is 0 Å². The van der Waals surface area contributed by atoms with Gasteiger partial charge in [0.15, 0.2) is 5.17 Å². The molecule has 0 aliphatic carbocycles. The van der Waals surface area contributed by atoms with Crippen molar-refractivity contribution < 1.29 is 4.79 Å². The molecular weight excluding hydrogens is 406 g/mol. The summed E-state index contributed by atoms with van der Waals surface area (Å²) in [6, 6.07) is 5.55. The highest BCUT2D eigenvalue weighted by molar-refractivity contribution is 8.17. The zero-order valence-electron chi connectivity index (χ0n) is 16.1. The highest BCUT2D eigenvalue weighted by Gasteiger charge is 2.32. The fourth-order valence-corrected chi connectivity index (χ4v) is 3.83. The van der Waals surface area contributed by atoms with Crippen LogP contribution in [0.3, 0.4) is 0 Å². The number of aryl methyl sites for hydroxylation is 1. The molecule has 3 N–H and O–H groups in total. The predicted octanol–water partition coefficient (Wildman–Crippen LogP) is 3.23. The second-order valence-corrected chi connectivity index (χ2v) is 8.37. The van der Waals surface area contributed by atoms with E-state index in [1.807, 2.05) is 19.9 Å². The number of hydrogen-bond acceptors (Lipinski definition) is 9. The number of amides is 1. The number of nitrogens with two attached hydrogens (primary N) is 1. The van der Waals surface area contributed by atoms with E-state index in [1.165, 1.54) is 23.5 Å². The van der Waals surface area contributed by atoms with Crippen molar-refractivity contribution in [3.63, 3.8) is 0 Å². The summed E-state index contributed by atoms with van der Waals surface area (Å²) in [5.74, 6) is 0.428. The maximum Gasteiger partial charge on any atom is 0.211 e. The molecule has 2 aromatic rings. The Morgan fingerprint density at radius 1 is 1.45 bits per heavy atom. The van der Waals surface area contributed by atoms with Crippen LogP contribution in [0.15, 0.2) is 52.2 Å². The van der Waals surface area contributed by atoms with Gasteiger partial charge in [0.05, 0.1) is 29.4 Å². The quantitative estimate of drug-likeness (QED) is 0.549. The SMILES string of the molecule is C=C1CC(C)(c2cc(NC=O)ccn2)N=C(N)S1.Cc1cnc(SCC#N)cn1. The Labute approximate surface area is 178 Å². The van der Waals surface area contributed by atoms with Gasteiger partial charge in [-0.05, 0) is 30.9 Å². The molecule has 8 nitrogen and oxygen atoms in total. The Morgan fingerprint density at radius 2 is 2.24 bits per heavy atom. The van der Waals surface area contributed by atoms with Crippen molar-refractivity contribution in [1.82, 2.24) is 15.0 Å². The Hall–Kier alpha value is -2.90. The van der Waals surface area contributed by atoms with Crippen molar-refractivity contribution in [3.8, 4) is 6.07 Å². The van der Waals surface area contributed by atoms with E-state index in [2.05, 4.69) is 31.8 Å². The van der Waals surface area contributed by atoms with Gasteiger partial charge in [0.1, 0.15) is 10.6 Å². The largest absolute Gasteiger partial charge is 0.378 e. The lowest BCUT2D eigenvalue weighted by molar-refractivity contribution is -0.105. The van der Waals surface area contributed by atoms with Crippen LogP contribution in [0.25, 0.3) is 0 Å². The Kier molecular flexibility index (Phi) is 8.18. The first-order chi connectivity index (χ1) is 13.9. The number of anilines is 1. The van der Waals surface area contributed by atoms with E-state index in [0.717, 1.165) is 21.3 Å². The first kappa shape index (κ1) is 22.4. The summed E-state index contributed by atoms with van der Waals surface area (Å²) >= 11 is 2.78. The van der Waals surface area contributed by atoms with Gasteiger partial charge in [-0.1, -0.05) is 30.1 Å². The van der Waals surface area contributed by atoms with E-state index in [1.54, 1.807) is 30.7 Å². The molecule has 1 aliphatic rings. The zero-order chi connectivity index (χ0) is 21.3. The van der Waals surface area contributed by atoms with Crippen LogP contribution in [0.2, 0.25) is 0 Å². The molecule has 0 radical (unpaired) electrons. The van der Waals surface area contributed by atoms with Gasteiger partial charge in [-0.15, -0.1) is 0 Å². The van der Waals surface area contributed by atoms with Gasteiger partial charge in [-0.2, -0.15) is 5.26 Å². The first-order valence-corrected chi connectivity index (χ1v) is 10.3. The molecule has 0 fully saturated rings. The number of rotatable bonds is 5. The maximum absolute atomic E-state index is 10.4. The lowest BCUT2D eigenvalue weighted by Gasteiger charge is -2.29. The van der Waals surface area contributed by atoms with Crippen LogP contribution in [0.5, 0.6) is 0 Å². The predicted molar refractivity (Wildman–Crippen MR) is 117 cm³/mol. The number of hydrogen-bond donors (Lipinski definition) is 2. The molecule has 0 saturated carbocycles. The third-order valence-corrected chi connectivity index (χ3v) is 5.24. The van der Waals surface area contributed by atoms with Crippen LogP contribution in [0.4, 0.5) is 5.69 Å². The lowest BCUT2D eigenvalue weighted by Crippen LogP contribution is -2.28. The van der Waals surface area contributed by atoms with Gasteiger partial charge >= 0.3 is 0 Å². The second-order valence-electron chi connectivity index (χ2n) is 6.18. The summed E-state index contributed by atoms with van der Waals surface area (Å²) in [5, 5.41) is 12.2. The molecule has 29 heavy (non-hydrogen) atoms. The highest BCUT2D eigenvalue weighted by atomic mass is 32.2. The Balaban J connectivity index is 0.000000234. The monoisotopic (exact) mass is 427 g/mol. The minimum absolute atomic E-state index is 0.428. The van der Waals surface area contributed by atoms with E-state index in [9.17, 15) is 4.79 Å². The average molecular weight is 428 g/mol. The topological polar surface area (TPSA) is 130 Å². The minimum atomic E-state index is -0.521. The minimum Gasteiger partial charge on any atom is -0.378 e. The van der Waals surface area contributed by atoms with Crippen LogP contribution in [-0.2, 0) is 10.3 Å². The Morgan fingerprint density at radius 3 is 2.86 bits per heavy atom. The lowest BCUT2D eigenvalue weighted by atomic mass is 9.93. The number of amidine groups is 1. The van der Waals surface area contributed by atoms with Gasteiger partial charge in [0, 0.05) is 24.5 Å². The van der Waals surface area contributed by atoms with Crippen molar-refractivity contribution in [2.24, 2.45) is 10.7 Å². The van der Waals surface area contributed by atoms with Crippen LogP contribution in [-0.4, -0.2) is 32.3 Å². The van der Waals surface area contributed by atoms with Gasteiger partial charge < -0.3 is 11.1 Å². The van der Waals surface area contributed by atoms with E-state index >= 15 is 0 Å². The van der Waals surface area contributed by atoms with Crippen molar-refractivity contribution in [1.29, 1.82) is 5.26 Å². The van der Waals surface area contributed by atoms with Crippen molar-refractivity contribution in [2.75, 3.05) is 11.1 Å². The fourth-order valence-electron chi connectivity index (χ4n) is 2.47. The molecule has 150 valence electrons. The Bertz CT molecular complexity index is 940. The molecule has 0 aromatic carbocycles. The summed E-state index contributed by atoms with van der Waals surface area (Å²) in [4.78, 5) is 28.3. The number of nitrogens with zero attached hydrogens (tertiary/aromatic N) is 5. The molecule has 2 aromatic heterocycles. The number of pyridine rings is 1.